The number of carbonyl (C=O) groups is 2. The number of ether oxygens (including phenoxy) is 2. The van der Waals surface area contributed by atoms with E-state index in [0.29, 0.717) is 22.7 Å². The molecule has 35 heavy (non-hydrogen) atoms. The minimum absolute atomic E-state index is 0.0643. The number of esters is 2. The Balaban J connectivity index is 1.72. The molecule has 0 aliphatic carbocycles. The van der Waals surface area contributed by atoms with Crippen molar-refractivity contribution < 1.29 is 23.5 Å². The molecule has 2 aromatic carbocycles. The van der Waals surface area contributed by atoms with Crippen molar-refractivity contribution in [2.75, 3.05) is 23.8 Å². The molecule has 3 rings (SSSR count). The Kier molecular flexibility index (Phi) is 8.94. The molecule has 1 aromatic heterocycles. The molecule has 0 aliphatic heterocycles. The molecular weight excluding hydrogens is 455 g/mol. The van der Waals surface area contributed by atoms with Crippen molar-refractivity contribution in [3.05, 3.63) is 60.5 Å². The second-order valence-electron chi connectivity index (χ2n) is 6.76. The zero-order chi connectivity index (χ0) is 25.0. The predicted octanol–water partition coefficient (Wildman–Crippen LogP) is 4.63. The molecule has 11 heteroatoms. The van der Waals surface area contributed by atoms with Gasteiger partial charge in [-0.15, -0.1) is 0 Å². The maximum absolute atomic E-state index is 14.4. The molecule has 0 radical (unpaired) electrons. The van der Waals surface area contributed by atoms with Crippen LogP contribution in [-0.2, 0) is 19.1 Å². The van der Waals surface area contributed by atoms with Gasteiger partial charge in [-0.1, -0.05) is 12.1 Å². The first kappa shape index (κ1) is 25.0. The van der Waals surface area contributed by atoms with Gasteiger partial charge in [0.25, 0.3) is 0 Å². The number of nitrogens with one attached hydrogen (secondary N) is 2. The van der Waals surface area contributed by atoms with Crippen LogP contribution in [0.4, 0.5) is 38.9 Å². The van der Waals surface area contributed by atoms with Crippen LogP contribution in [0.15, 0.2) is 64.7 Å². The van der Waals surface area contributed by atoms with Gasteiger partial charge in [0.05, 0.1) is 30.8 Å². The third-order valence-electron chi connectivity index (χ3n) is 4.17. The molecule has 0 spiro atoms. The van der Waals surface area contributed by atoms with Crippen LogP contribution in [0.5, 0.6) is 0 Å². The van der Waals surface area contributed by atoms with E-state index in [1.807, 2.05) is 0 Å². The minimum atomic E-state index is -0.663. The number of aliphatic imine (C=N–C) groups is 2. The van der Waals surface area contributed by atoms with Crippen LogP contribution in [0.25, 0.3) is 0 Å². The Labute approximate surface area is 201 Å². The summed E-state index contributed by atoms with van der Waals surface area (Å²) in [5.74, 6) is -1.69. The van der Waals surface area contributed by atoms with Crippen molar-refractivity contribution >= 4 is 58.9 Å². The quantitative estimate of drug-likeness (QED) is 0.319. The van der Waals surface area contributed by atoms with E-state index in [1.165, 1.54) is 0 Å². The molecular formula is C24H23FN6O4. The Morgan fingerprint density at radius 1 is 0.914 bits per heavy atom. The van der Waals surface area contributed by atoms with Crippen LogP contribution in [0.3, 0.4) is 0 Å². The summed E-state index contributed by atoms with van der Waals surface area (Å²) in [6.45, 7) is 3.92. The van der Waals surface area contributed by atoms with Gasteiger partial charge < -0.3 is 20.1 Å². The van der Waals surface area contributed by atoms with Crippen LogP contribution in [0.1, 0.15) is 13.8 Å². The van der Waals surface area contributed by atoms with E-state index in [9.17, 15) is 14.0 Å². The molecule has 3 aromatic rings. The molecule has 1 heterocycles. The second kappa shape index (κ2) is 12.5. The van der Waals surface area contributed by atoms with Crippen molar-refractivity contribution in [1.29, 1.82) is 0 Å². The van der Waals surface area contributed by atoms with Crippen LogP contribution >= 0.6 is 0 Å². The number of hydrogen-bond acceptors (Lipinski definition) is 10. The largest absolute Gasteiger partial charge is 0.462 e. The van der Waals surface area contributed by atoms with E-state index in [-0.39, 0.29) is 25.0 Å². The lowest BCUT2D eigenvalue weighted by Gasteiger charge is -2.10. The van der Waals surface area contributed by atoms with E-state index in [4.69, 9.17) is 9.47 Å². The van der Waals surface area contributed by atoms with Gasteiger partial charge in [0.15, 0.2) is 11.6 Å². The molecule has 0 atom stereocenters. The lowest BCUT2D eigenvalue weighted by Crippen LogP contribution is -2.04. The number of aromatic nitrogens is 2. The van der Waals surface area contributed by atoms with Crippen LogP contribution in [0.2, 0.25) is 0 Å². The SMILES string of the molecule is CCOC(=O)/C=N/c1cccc(Nc2ncc(F)c(Nc3cccc(/N=C/C(=O)OCC)c3)n2)c1. The molecule has 0 saturated carbocycles. The first-order valence-electron chi connectivity index (χ1n) is 10.6. The summed E-state index contributed by atoms with van der Waals surface area (Å²) in [6.07, 6.45) is 3.19. The lowest BCUT2D eigenvalue weighted by molar-refractivity contribution is -0.135. The third kappa shape index (κ3) is 8.00. The first-order chi connectivity index (χ1) is 17.0. The van der Waals surface area contributed by atoms with Crippen molar-refractivity contribution in [2.45, 2.75) is 13.8 Å². The third-order valence-corrected chi connectivity index (χ3v) is 4.17. The minimum Gasteiger partial charge on any atom is -0.462 e. The van der Waals surface area contributed by atoms with Gasteiger partial charge in [0, 0.05) is 11.4 Å². The molecule has 0 bridgehead atoms. The Hall–Kier alpha value is -4.67. The second-order valence-corrected chi connectivity index (χ2v) is 6.76. The number of nitrogens with zero attached hydrogens (tertiary/aromatic N) is 4. The number of rotatable bonds is 10. The van der Waals surface area contributed by atoms with Gasteiger partial charge in [-0.25, -0.2) is 28.9 Å². The first-order valence-corrected chi connectivity index (χ1v) is 10.6. The fourth-order valence-corrected chi connectivity index (χ4v) is 2.72. The molecule has 2 N–H and O–H groups in total. The zero-order valence-electron chi connectivity index (χ0n) is 19.1. The summed E-state index contributed by atoms with van der Waals surface area (Å²) in [7, 11) is 0. The standard InChI is InChI=1S/C24H23FN6O4/c1-3-34-21(32)14-26-16-7-5-9-18(11-16)29-23-20(25)13-28-24(31-23)30-19-10-6-8-17(12-19)27-15-22(33)35-4-2/h5-15H,3-4H2,1-2H3,(H2,28,29,30,31)/b26-14+,27-15+. The molecule has 180 valence electrons. The lowest BCUT2D eigenvalue weighted by atomic mass is 10.3. The number of anilines is 4. The fourth-order valence-electron chi connectivity index (χ4n) is 2.72. The highest BCUT2D eigenvalue weighted by Gasteiger charge is 2.09. The van der Waals surface area contributed by atoms with Gasteiger partial charge >= 0.3 is 11.9 Å². The van der Waals surface area contributed by atoms with Gasteiger partial charge in [0.1, 0.15) is 12.4 Å². The van der Waals surface area contributed by atoms with Crippen molar-refractivity contribution in [2.24, 2.45) is 9.98 Å². The fraction of sp³-hybridized carbons (Fsp3) is 0.167. The predicted molar refractivity (Wildman–Crippen MR) is 131 cm³/mol. The van der Waals surface area contributed by atoms with E-state index in [0.717, 1.165) is 18.6 Å². The van der Waals surface area contributed by atoms with Crippen LogP contribution in [-0.4, -0.2) is 47.5 Å². The van der Waals surface area contributed by atoms with Crippen molar-refractivity contribution in [3.63, 3.8) is 0 Å². The summed E-state index contributed by atoms with van der Waals surface area (Å²) in [5.41, 5.74) is 2.05. The van der Waals surface area contributed by atoms with E-state index < -0.39 is 17.8 Å². The monoisotopic (exact) mass is 478 g/mol. The number of carbonyl (C=O) groups excluding carboxylic acids is 2. The van der Waals surface area contributed by atoms with E-state index in [1.54, 1.807) is 62.4 Å². The summed E-state index contributed by atoms with van der Waals surface area (Å²) in [5, 5.41) is 5.85. The Bertz CT molecular complexity index is 1250. The van der Waals surface area contributed by atoms with Crippen LogP contribution in [0, 0.1) is 5.82 Å². The van der Waals surface area contributed by atoms with Gasteiger partial charge in [0.2, 0.25) is 5.95 Å². The van der Waals surface area contributed by atoms with Crippen molar-refractivity contribution in [1.82, 2.24) is 9.97 Å². The van der Waals surface area contributed by atoms with E-state index in [2.05, 4.69) is 30.6 Å². The van der Waals surface area contributed by atoms with Crippen molar-refractivity contribution in [3.8, 4) is 0 Å². The molecule has 0 aliphatic rings. The molecule has 0 saturated heterocycles. The van der Waals surface area contributed by atoms with E-state index >= 15 is 0 Å². The maximum Gasteiger partial charge on any atom is 0.349 e. The maximum atomic E-state index is 14.4. The summed E-state index contributed by atoms with van der Waals surface area (Å²) < 4.78 is 24.0. The average molecular weight is 478 g/mol. The number of benzene rings is 2. The van der Waals surface area contributed by atoms with Gasteiger partial charge in [-0.05, 0) is 50.2 Å². The van der Waals surface area contributed by atoms with Crippen LogP contribution < -0.4 is 10.6 Å². The summed E-state index contributed by atoms with van der Waals surface area (Å²) in [4.78, 5) is 39.2. The molecule has 10 nitrogen and oxygen atoms in total. The topological polar surface area (TPSA) is 127 Å². The summed E-state index contributed by atoms with van der Waals surface area (Å²) >= 11 is 0. The Morgan fingerprint density at radius 2 is 1.46 bits per heavy atom. The average Bonchev–Trinajstić information content (AvgIpc) is 2.84. The highest BCUT2D eigenvalue weighted by Crippen LogP contribution is 2.24. The number of halogens is 1. The highest BCUT2D eigenvalue weighted by atomic mass is 19.1. The smallest absolute Gasteiger partial charge is 0.349 e. The van der Waals surface area contributed by atoms with Gasteiger partial charge in [-0.2, -0.15) is 4.98 Å². The molecule has 0 amide bonds. The molecule has 0 unspecified atom stereocenters. The van der Waals surface area contributed by atoms with Gasteiger partial charge in [-0.3, -0.25) is 0 Å². The summed E-state index contributed by atoms with van der Waals surface area (Å²) in [6, 6.07) is 13.5. The highest BCUT2D eigenvalue weighted by molar-refractivity contribution is 6.24. The zero-order valence-corrected chi connectivity index (χ0v) is 19.1. The number of hydrogen-bond donors (Lipinski definition) is 2. The molecule has 0 fully saturated rings. The Morgan fingerprint density at radius 3 is 2.00 bits per heavy atom. The normalized spacial score (nSPS) is 10.9.